The maximum atomic E-state index is 12.7. The van der Waals surface area contributed by atoms with Crippen molar-refractivity contribution < 1.29 is 19.0 Å². The van der Waals surface area contributed by atoms with Crippen LogP contribution in [0.25, 0.3) is 10.9 Å². The molecule has 0 saturated carbocycles. The SMILES string of the molecule is COc1ccc([C@H]2CC(=O)Oc3c2c(=O)[nH]c2ccccc32)cc1OC. The van der Waals surface area contributed by atoms with E-state index < -0.39 is 5.92 Å². The number of fused-ring (bicyclic) bond motifs is 3. The number of ether oxygens (including phenoxy) is 3. The van der Waals surface area contributed by atoms with Crippen molar-refractivity contribution in [2.24, 2.45) is 0 Å². The lowest BCUT2D eigenvalue weighted by atomic mass is 9.86. The number of carbonyl (C=O) groups is 1. The maximum Gasteiger partial charge on any atom is 0.312 e. The highest BCUT2D eigenvalue weighted by Gasteiger charge is 2.33. The van der Waals surface area contributed by atoms with Crippen LogP contribution >= 0.6 is 0 Å². The molecule has 4 rings (SSSR count). The average molecular weight is 351 g/mol. The van der Waals surface area contributed by atoms with E-state index in [4.69, 9.17) is 14.2 Å². The fraction of sp³-hybridized carbons (Fsp3) is 0.200. The molecule has 132 valence electrons. The summed E-state index contributed by atoms with van der Waals surface area (Å²) in [6.07, 6.45) is 0.0872. The fourth-order valence-electron chi connectivity index (χ4n) is 3.43. The lowest BCUT2D eigenvalue weighted by Crippen LogP contribution is -2.28. The van der Waals surface area contributed by atoms with E-state index in [2.05, 4.69) is 4.98 Å². The topological polar surface area (TPSA) is 77.6 Å². The van der Waals surface area contributed by atoms with Gasteiger partial charge in [0.05, 0.1) is 31.7 Å². The third-order valence-electron chi connectivity index (χ3n) is 4.65. The molecule has 0 spiro atoms. The van der Waals surface area contributed by atoms with E-state index in [-0.39, 0.29) is 17.9 Å². The highest BCUT2D eigenvalue weighted by Crippen LogP contribution is 2.41. The third kappa shape index (κ3) is 2.50. The van der Waals surface area contributed by atoms with Crippen molar-refractivity contribution in [2.45, 2.75) is 12.3 Å². The number of aromatic nitrogens is 1. The standard InChI is InChI=1S/C20H17NO5/c1-24-15-8-7-11(9-16(15)25-2)13-10-17(22)26-19-12-5-3-4-6-14(12)21-20(23)18(13)19/h3-9,13H,10H2,1-2H3,(H,21,23)/t13-/m1/s1. The van der Waals surface area contributed by atoms with Gasteiger partial charge in [-0.15, -0.1) is 0 Å². The molecule has 0 unspecified atom stereocenters. The molecule has 0 saturated heterocycles. The molecule has 6 heteroatoms. The molecule has 3 aromatic rings. The van der Waals surface area contributed by atoms with Gasteiger partial charge in [0.2, 0.25) is 0 Å². The molecule has 1 aliphatic heterocycles. The molecule has 26 heavy (non-hydrogen) atoms. The number of para-hydroxylation sites is 1. The summed E-state index contributed by atoms with van der Waals surface area (Å²) in [6.45, 7) is 0. The van der Waals surface area contributed by atoms with E-state index >= 15 is 0 Å². The van der Waals surface area contributed by atoms with Crippen LogP contribution in [-0.2, 0) is 4.79 Å². The second kappa shape index (κ2) is 6.22. The summed E-state index contributed by atoms with van der Waals surface area (Å²) in [4.78, 5) is 27.9. The number of pyridine rings is 1. The number of methoxy groups -OCH3 is 2. The summed E-state index contributed by atoms with van der Waals surface area (Å²) in [7, 11) is 3.10. The highest BCUT2D eigenvalue weighted by atomic mass is 16.5. The van der Waals surface area contributed by atoms with Gasteiger partial charge in [0.25, 0.3) is 5.56 Å². The molecule has 1 N–H and O–H groups in total. The van der Waals surface area contributed by atoms with Crippen LogP contribution in [0.15, 0.2) is 47.3 Å². The Hall–Kier alpha value is -3.28. The number of hydrogen-bond acceptors (Lipinski definition) is 5. The molecule has 2 heterocycles. The van der Waals surface area contributed by atoms with Crippen LogP contribution in [0.1, 0.15) is 23.5 Å². The van der Waals surface area contributed by atoms with Gasteiger partial charge in [0.1, 0.15) is 5.75 Å². The minimum Gasteiger partial charge on any atom is -0.493 e. The highest BCUT2D eigenvalue weighted by molar-refractivity contribution is 5.91. The summed E-state index contributed by atoms with van der Waals surface area (Å²) >= 11 is 0. The normalized spacial score (nSPS) is 16.1. The summed E-state index contributed by atoms with van der Waals surface area (Å²) in [5.74, 6) is 0.679. The summed E-state index contributed by atoms with van der Waals surface area (Å²) < 4.78 is 16.1. The largest absolute Gasteiger partial charge is 0.493 e. The van der Waals surface area contributed by atoms with Crippen molar-refractivity contribution in [3.63, 3.8) is 0 Å². The van der Waals surface area contributed by atoms with E-state index in [1.807, 2.05) is 24.3 Å². The van der Waals surface area contributed by atoms with Gasteiger partial charge in [-0.25, -0.2) is 0 Å². The van der Waals surface area contributed by atoms with Gasteiger partial charge in [-0.3, -0.25) is 9.59 Å². The van der Waals surface area contributed by atoms with Crippen molar-refractivity contribution >= 4 is 16.9 Å². The molecule has 1 aromatic heterocycles. The molecule has 1 aliphatic rings. The van der Waals surface area contributed by atoms with E-state index in [0.29, 0.717) is 33.7 Å². The van der Waals surface area contributed by atoms with Gasteiger partial charge in [-0.2, -0.15) is 0 Å². The molecule has 2 aromatic carbocycles. The van der Waals surface area contributed by atoms with Gasteiger partial charge in [-0.1, -0.05) is 18.2 Å². The smallest absolute Gasteiger partial charge is 0.312 e. The molecule has 1 atom stereocenters. The predicted molar refractivity (Wildman–Crippen MR) is 96.2 cm³/mol. The Labute approximate surface area is 149 Å². The lowest BCUT2D eigenvalue weighted by molar-refractivity contribution is -0.135. The van der Waals surface area contributed by atoms with Crippen molar-refractivity contribution in [3.8, 4) is 17.2 Å². The number of esters is 1. The fourth-order valence-corrected chi connectivity index (χ4v) is 3.43. The molecule has 0 fully saturated rings. The van der Waals surface area contributed by atoms with Crippen LogP contribution in [0.3, 0.4) is 0 Å². The van der Waals surface area contributed by atoms with E-state index in [0.717, 1.165) is 5.56 Å². The van der Waals surface area contributed by atoms with Crippen LogP contribution < -0.4 is 19.8 Å². The number of aromatic amines is 1. The van der Waals surface area contributed by atoms with Crippen LogP contribution in [-0.4, -0.2) is 25.2 Å². The van der Waals surface area contributed by atoms with E-state index in [1.54, 1.807) is 32.4 Å². The molecule has 0 amide bonds. The predicted octanol–water partition coefficient (Wildman–Crippen LogP) is 2.99. The Morgan fingerprint density at radius 1 is 1.04 bits per heavy atom. The zero-order valence-electron chi connectivity index (χ0n) is 14.4. The van der Waals surface area contributed by atoms with Crippen molar-refractivity contribution in [3.05, 3.63) is 63.9 Å². The Bertz CT molecular complexity index is 1070. The van der Waals surface area contributed by atoms with Crippen molar-refractivity contribution in [1.29, 1.82) is 0 Å². The van der Waals surface area contributed by atoms with Gasteiger partial charge in [0.15, 0.2) is 11.5 Å². The number of H-pyrrole nitrogens is 1. The Morgan fingerprint density at radius 2 is 1.81 bits per heavy atom. The van der Waals surface area contributed by atoms with Crippen LogP contribution in [0, 0.1) is 0 Å². The molecular weight excluding hydrogens is 334 g/mol. The van der Waals surface area contributed by atoms with Crippen molar-refractivity contribution in [1.82, 2.24) is 4.98 Å². The second-order valence-corrected chi connectivity index (χ2v) is 6.09. The van der Waals surface area contributed by atoms with Gasteiger partial charge in [0, 0.05) is 11.3 Å². The number of carbonyl (C=O) groups excluding carboxylic acids is 1. The lowest BCUT2D eigenvalue weighted by Gasteiger charge is -2.25. The summed E-state index contributed by atoms with van der Waals surface area (Å²) in [6, 6.07) is 12.7. The third-order valence-corrected chi connectivity index (χ3v) is 4.65. The van der Waals surface area contributed by atoms with Gasteiger partial charge < -0.3 is 19.2 Å². The van der Waals surface area contributed by atoms with Gasteiger partial charge >= 0.3 is 5.97 Å². The number of nitrogens with one attached hydrogen (secondary N) is 1. The van der Waals surface area contributed by atoms with Gasteiger partial charge in [-0.05, 0) is 29.8 Å². The Kier molecular flexibility index (Phi) is 3.88. The quantitative estimate of drug-likeness (QED) is 0.734. The molecule has 0 bridgehead atoms. The first-order valence-corrected chi connectivity index (χ1v) is 8.20. The maximum absolute atomic E-state index is 12.7. The molecule has 0 radical (unpaired) electrons. The van der Waals surface area contributed by atoms with Crippen LogP contribution in [0.2, 0.25) is 0 Å². The summed E-state index contributed by atoms with van der Waals surface area (Å²) in [5, 5.41) is 0.709. The van der Waals surface area contributed by atoms with Crippen LogP contribution in [0.5, 0.6) is 17.2 Å². The minimum atomic E-state index is -0.417. The zero-order valence-corrected chi connectivity index (χ0v) is 14.4. The zero-order chi connectivity index (χ0) is 18.3. The molecular formula is C20H17NO5. The molecule has 6 nitrogen and oxygen atoms in total. The Morgan fingerprint density at radius 3 is 2.58 bits per heavy atom. The Balaban J connectivity index is 1.95. The summed E-state index contributed by atoms with van der Waals surface area (Å²) in [5.41, 5.74) is 1.62. The first-order valence-electron chi connectivity index (χ1n) is 8.20. The first-order chi connectivity index (χ1) is 12.6. The minimum absolute atomic E-state index is 0.0872. The van der Waals surface area contributed by atoms with Crippen molar-refractivity contribution in [2.75, 3.05) is 14.2 Å². The van der Waals surface area contributed by atoms with E-state index in [1.165, 1.54) is 0 Å². The number of rotatable bonds is 3. The number of benzene rings is 2. The average Bonchev–Trinajstić information content (AvgIpc) is 2.66. The molecule has 0 aliphatic carbocycles. The number of hydrogen-bond donors (Lipinski definition) is 1. The first kappa shape index (κ1) is 16.2. The monoisotopic (exact) mass is 351 g/mol. The second-order valence-electron chi connectivity index (χ2n) is 6.09. The van der Waals surface area contributed by atoms with E-state index in [9.17, 15) is 9.59 Å². The van der Waals surface area contributed by atoms with Crippen LogP contribution in [0.4, 0.5) is 0 Å².